The molecule has 20 heavy (non-hydrogen) atoms. The third-order valence-electron chi connectivity index (χ3n) is 3.74. The summed E-state index contributed by atoms with van der Waals surface area (Å²) < 4.78 is 0. The van der Waals surface area contributed by atoms with Crippen molar-refractivity contribution in [1.82, 2.24) is 10.2 Å². The lowest BCUT2D eigenvalue weighted by molar-refractivity contribution is -0.124. The zero-order valence-electron chi connectivity index (χ0n) is 12.5. The number of nitrogens with one attached hydrogen (secondary N) is 1. The van der Waals surface area contributed by atoms with Crippen LogP contribution in [0.5, 0.6) is 5.75 Å². The molecule has 0 aromatic heterocycles. The van der Waals surface area contributed by atoms with Gasteiger partial charge in [-0.3, -0.25) is 10.1 Å². The molecule has 5 nitrogen and oxygen atoms in total. The first-order chi connectivity index (χ1) is 9.43. The van der Waals surface area contributed by atoms with Crippen LogP contribution in [-0.4, -0.2) is 42.1 Å². The first-order valence-corrected chi connectivity index (χ1v) is 7.00. The second kappa shape index (κ2) is 7.26. The number of rotatable bonds is 8. The number of phenolic OH excluding ortho intramolecular Hbond substituents is 1. The van der Waals surface area contributed by atoms with Crippen LogP contribution in [0.2, 0.25) is 0 Å². The van der Waals surface area contributed by atoms with E-state index in [2.05, 4.69) is 24.1 Å². The average Bonchev–Trinajstić information content (AvgIpc) is 2.44. The van der Waals surface area contributed by atoms with Gasteiger partial charge in [-0.2, -0.15) is 0 Å². The molecule has 112 valence electrons. The molecule has 1 amide bonds. The zero-order valence-corrected chi connectivity index (χ0v) is 12.5. The second-order valence-corrected chi connectivity index (χ2v) is 4.99. The Bertz CT molecular complexity index is 429. The molecule has 0 saturated heterocycles. The van der Waals surface area contributed by atoms with Gasteiger partial charge in [0, 0.05) is 13.1 Å². The Labute approximate surface area is 120 Å². The van der Waals surface area contributed by atoms with Crippen molar-refractivity contribution in [3.63, 3.8) is 0 Å². The fraction of sp³-hybridized carbons (Fsp3) is 0.533. The highest BCUT2D eigenvalue weighted by Crippen LogP contribution is 2.22. The van der Waals surface area contributed by atoms with E-state index in [-0.39, 0.29) is 5.75 Å². The normalized spacial score (nSPS) is 14.2. The van der Waals surface area contributed by atoms with Crippen molar-refractivity contribution in [2.24, 2.45) is 5.73 Å². The van der Waals surface area contributed by atoms with Crippen LogP contribution in [0.3, 0.4) is 0 Å². The van der Waals surface area contributed by atoms with Crippen LogP contribution in [0.4, 0.5) is 0 Å². The standard InChI is InChI=1S/C15H25N3O2/c1-4-18(5-2)11-10-17-15(3,14(16)20)12-6-8-13(19)9-7-12/h6-9,17,19H,4-5,10-11H2,1-3H3,(H2,16,20). The highest BCUT2D eigenvalue weighted by atomic mass is 16.3. The van der Waals surface area contributed by atoms with Gasteiger partial charge < -0.3 is 15.7 Å². The molecule has 0 radical (unpaired) electrons. The molecule has 1 aromatic rings. The topological polar surface area (TPSA) is 78.6 Å². The smallest absolute Gasteiger partial charge is 0.242 e. The summed E-state index contributed by atoms with van der Waals surface area (Å²) in [4.78, 5) is 14.1. The fourth-order valence-electron chi connectivity index (χ4n) is 2.13. The van der Waals surface area contributed by atoms with Crippen molar-refractivity contribution >= 4 is 5.91 Å². The van der Waals surface area contributed by atoms with Gasteiger partial charge in [-0.25, -0.2) is 0 Å². The summed E-state index contributed by atoms with van der Waals surface area (Å²) in [5.41, 5.74) is 5.37. The largest absolute Gasteiger partial charge is 0.508 e. The number of likely N-dealkylation sites (N-methyl/N-ethyl adjacent to an activating group) is 1. The third-order valence-corrected chi connectivity index (χ3v) is 3.74. The van der Waals surface area contributed by atoms with Crippen molar-refractivity contribution in [2.45, 2.75) is 26.3 Å². The van der Waals surface area contributed by atoms with E-state index in [1.807, 2.05) is 0 Å². The van der Waals surface area contributed by atoms with Crippen molar-refractivity contribution in [1.29, 1.82) is 0 Å². The number of carbonyl (C=O) groups is 1. The molecule has 0 spiro atoms. The van der Waals surface area contributed by atoms with Crippen LogP contribution in [-0.2, 0) is 10.3 Å². The maximum Gasteiger partial charge on any atom is 0.242 e. The molecule has 0 aliphatic carbocycles. The Morgan fingerprint density at radius 2 is 1.85 bits per heavy atom. The molecule has 1 unspecified atom stereocenters. The minimum absolute atomic E-state index is 0.170. The van der Waals surface area contributed by atoms with E-state index in [0.29, 0.717) is 6.54 Å². The van der Waals surface area contributed by atoms with Gasteiger partial charge in [-0.1, -0.05) is 26.0 Å². The SMILES string of the molecule is CCN(CC)CCNC(C)(C(N)=O)c1ccc(O)cc1. The minimum Gasteiger partial charge on any atom is -0.508 e. The van der Waals surface area contributed by atoms with Crippen molar-refractivity contribution in [3.8, 4) is 5.75 Å². The zero-order chi connectivity index (χ0) is 15.2. The van der Waals surface area contributed by atoms with Gasteiger partial charge in [0.2, 0.25) is 5.91 Å². The maximum absolute atomic E-state index is 11.8. The van der Waals surface area contributed by atoms with Gasteiger partial charge in [0.25, 0.3) is 0 Å². The lowest BCUT2D eigenvalue weighted by atomic mass is 9.91. The van der Waals surface area contributed by atoms with Crippen molar-refractivity contribution < 1.29 is 9.90 Å². The molecule has 1 aromatic carbocycles. The quantitative estimate of drug-likeness (QED) is 0.664. The Hall–Kier alpha value is -1.59. The van der Waals surface area contributed by atoms with E-state index >= 15 is 0 Å². The summed E-state index contributed by atoms with van der Waals surface area (Å²) in [6, 6.07) is 6.54. The summed E-state index contributed by atoms with van der Waals surface area (Å²) in [6.45, 7) is 9.46. The molecular weight excluding hydrogens is 254 g/mol. The Kier molecular flexibility index (Phi) is 5.98. The summed E-state index contributed by atoms with van der Waals surface area (Å²) in [5.74, 6) is -0.258. The molecule has 5 heteroatoms. The fourth-order valence-corrected chi connectivity index (χ4v) is 2.13. The Morgan fingerprint density at radius 1 is 1.30 bits per heavy atom. The molecule has 4 N–H and O–H groups in total. The van der Waals surface area contributed by atoms with Gasteiger partial charge in [-0.05, 0) is 37.7 Å². The number of nitrogens with zero attached hydrogens (tertiary/aromatic N) is 1. The number of hydrogen-bond donors (Lipinski definition) is 3. The van der Waals surface area contributed by atoms with Crippen LogP contribution in [0.1, 0.15) is 26.3 Å². The highest BCUT2D eigenvalue weighted by molar-refractivity contribution is 5.85. The molecule has 0 aliphatic rings. The monoisotopic (exact) mass is 279 g/mol. The van der Waals surface area contributed by atoms with Gasteiger partial charge >= 0.3 is 0 Å². The van der Waals surface area contributed by atoms with Crippen LogP contribution < -0.4 is 11.1 Å². The lowest BCUT2D eigenvalue weighted by Crippen LogP contribution is -2.52. The number of primary amides is 1. The number of aromatic hydroxyl groups is 1. The number of nitrogens with two attached hydrogens (primary N) is 1. The van der Waals surface area contributed by atoms with E-state index in [1.54, 1.807) is 31.2 Å². The summed E-state index contributed by atoms with van der Waals surface area (Å²) >= 11 is 0. The first-order valence-electron chi connectivity index (χ1n) is 7.00. The summed E-state index contributed by atoms with van der Waals surface area (Å²) in [7, 11) is 0. The van der Waals surface area contributed by atoms with Crippen LogP contribution >= 0.6 is 0 Å². The van der Waals surface area contributed by atoms with Gasteiger partial charge in [0.05, 0.1) is 0 Å². The third kappa shape index (κ3) is 3.95. The van der Waals surface area contributed by atoms with E-state index < -0.39 is 11.4 Å². The first kappa shape index (κ1) is 16.5. The van der Waals surface area contributed by atoms with Crippen molar-refractivity contribution in [3.05, 3.63) is 29.8 Å². The molecule has 0 fully saturated rings. The van der Waals surface area contributed by atoms with Gasteiger partial charge in [0.1, 0.15) is 11.3 Å². The number of amides is 1. The number of hydrogen-bond acceptors (Lipinski definition) is 4. The molecule has 1 atom stereocenters. The van der Waals surface area contributed by atoms with E-state index in [9.17, 15) is 9.90 Å². The van der Waals surface area contributed by atoms with Crippen LogP contribution in [0, 0.1) is 0 Å². The summed E-state index contributed by atoms with van der Waals surface area (Å²) in [6.07, 6.45) is 0. The van der Waals surface area contributed by atoms with Crippen molar-refractivity contribution in [2.75, 3.05) is 26.2 Å². The molecule has 1 rings (SSSR count). The maximum atomic E-state index is 11.8. The predicted octanol–water partition coefficient (Wildman–Crippen LogP) is 1.02. The van der Waals surface area contributed by atoms with E-state index in [4.69, 9.17) is 5.73 Å². The van der Waals surface area contributed by atoms with Gasteiger partial charge in [-0.15, -0.1) is 0 Å². The number of carbonyl (C=O) groups excluding carboxylic acids is 1. The van der Waals surface area contributed by atoms with Crippen LogP contribution in [0.25, 0.3) is 0 Å². The van der Waals surface area contributed by atoms with Crippen LogP contribution in [0.15, 0.2) is 24.3 Å². The van der Waals surface area contributed by atoms with E-state index in [1.165, 1.54) is 0 Å². The number of benzene rings is 1. The molecule has 0 saturated carbocycles. The van der Waals surface area contributed by atoms with Gasteiger partial charge in [0.15, 0.2) is 0 Å². The van der Waals surface area contributed by atoms with E-state index in [0.717, 1.165) is 25.2 Å². The Morgan fingerprint density at radius 3 is 2.30 bits per heavy atom. The molecule has 0 aliphatic heterocycles. The average molecular weight is 279 g/mol. The lowest BCUT2D eigenvalue weighted by Gasteiger charge is -2.29. The summed E-state index contributed by atoms with van der Waals surface area (Å²) in [5, 5.41) is 12.6. The predicted molar refractivity (Wildman–Crippen MR) is 80.4 cm³/mol. The molecule has 0 heterocycles. The minimum atomic E-state index is -0.930. The molecular formula is C15H25N3O2. The molecule has 0 bridgehead atoms. The second-order valence-electron chi connectivity index (χ2n) is 4.99. The Balaban J connectivity index is 2.77. The highest BCUT2D eigenvalue weighted by Gasteiger charge is 2.32. The number of phenols is 1.